The maximum Gasteiger partial charge on any atom is 0.159 e. The molecule has 1 aromatic rings. The molecule has 14 heavy (non-hydrogen) atoms. The zero-order valence-corrected chi connectivity index (χ0v) is 8.91. The highest BCUT2D eigenvalue weighted by Gasteiger charge is 2.24. The molecule has 2 heterocycles. The predicted molar refractivity (Wildman–Crippen MR) is 51.4 cm³/mol. The minimum atomic E-state index is 0.129. The van der Waals surface area contributed by atoms with Crippen molar-refractivity contribution >= 4 is 0 Å². The van der Waals surface area contributed by atoms with Gasteiger partial charge in [-0.3, -0.25) is 0 Å². The summed E-state index contributed by atoms with van der Waals surface area (Å²) >= 11 is 0. The van der Waals surface area contributed by atoms with Crippen LogP contribution in [0.2, 0.25) is 0 Å². The summed E-state index contributed by atoms with van der Waals surface area (Å²) in [6.07, 6.45) is 3.13. The van der Waals surface area contributed by atoms with Crippen molar-refractivity contribution in [3.8, 4) is 0 Å². The van der Waals surface area contributed by atoms with E-state index < -0.39 is 0 Å². The van der Waals surface area contributed by atoms with E-state index in [4.69, 9.17) is 9.78 Å². The number of aromatic nitrogens is 2. The van der Waals surface area contributed by atoms with Crippen molar-refractivity contribution in [3.05, 3.63) is 17.7 Å². The second-order valence-corrected chi connectivity index (χ2v) is 4.26. The zero-order chi connectivity index (χ0) is 10.2. The van der Waals surface area contributed by atoms with Crippen molar-refractivity contribution in [2.45, 2.75) is 45.9 Å². The van der Waals surface area contributed by atoms with Gasteiger partial charge in [0.25, 0.3) is 0 Å². The fraction of sp³-hybridized carbons (Fsp3) is 0.700. The molecule has 1 aliphatic rings. The van der Waals surface area contributed by atoms with E-state index in [0.29, 0.717) is 13.3 Å². The summed E-state index contributed by atoms with van der Waals surface area (Å²) in [6.45, 7) is 7.46. The fourth-order valence-electron chi connectivity index (χ4n) is 1.38. The van der Waals surface area contributed by atoms with Crippen LogP contribution in [0, 0.1) is 0 Å². The van der Waals surface area contributed by atoms with Crippen LogP contribution in [0.1, 0.15) is 38.7 Å². The highest BCUT2D eigenvalue weighted by molar-refractivity contribution is 5.14. The van der Waals surface area contributed by atoms with Gasteiger partial charge in [0.15, 0.2) is 6.73 Å². The van der Waals surface area contributed by atoms with Crippen LogP contribution in [-0.2, 0) is 28.5 Å². The lowest BCUT2D eigenvalue weighted by Crippen LogP contribution is -2.15. The van der Waals surface area contributed by atoms with Gasteiger partial charge >= 0.3 is 0 Å². The Morgan fingerprint density at radius 1 is 1.50 bits per heavy atom. The molecule has 2 rings (SSSR count). The van der Waals surface area contributed by atoms with Crippen molar-refractivity contribution < 1.29 is 9.78 Å². The summed E-state index contributed by atoms with van der Waals surface area (Å²) in [5, 5.41) is 0. The number of rotatable bonds is 2. The summed E-state index contributed by atoms with van der Waals surface area (Å²) in [6, 6.07) is 0. The molecule has 0 aliphatic carbocycles. The van der Waals surface area contributed by atoms with Crippen LogP contribution in [0.4, 0.5) is 0 Å². The second kappa shape index (κ2) is 3.37. The SMILES string of the molecule is CCC(C)(C)c1cn2c(n1)COOC2. The lowest BCUT2D eigenvalue weighted by atomic mass is 9.87. The van der Waals surface area contributed by atoms with Crippen LogP contribution in [0.3, 0.4) is 0 Å². The Bertz CT molecular complexity index is 307. The number of hydrogen-bond donors (Lipinski definition) is 0. The molecule has 0 spiro atoms. The highest BCUT2D eigenvalue weighted by Crippen LogP contribution is 2.26. The lowest BCUT2D eigenvalue weighted by molar-refractivity contribution is -0.341. The first kappa shape index (κ1) is 9.68. The van der Waals surface area contributed by atoms with E-state index in [1.807, 2.05) is 4.57 Å². The topological polar surface area (TPSA) is 36.3 Å². The Hall–Kier alpha value is -0.870. The van der Waals surface area contributed by atoms with E-state index in [2.05, 4.69) is 32.0 Å². The van der Waals surface area contributed by atoms with Gasteiger partial charge in [-0.15, -0.1) is 0 Å². The van der Waals surface area contributed by atoms with Crippen molar-refractivity contribution in [2.24, 2.45) is 0 Å². The van der Waals surface area contributed by atoms with E-state index in [-0.39, 0.29) is 5.41 Å². The van der Waals surface area contributed by atoms with E-state index in [9.17, 15) is 0 Å². The second-order valence-electron chi connectivity index (χ2n) is 4.26. The van der Waals surface area contributed by atoms with Crippen LogP contribution in [0.5, 0.6) is 0 Å². The Labute approximate surface area is 83.8 Å². The molecule has 4 heteroatoms. The lowest BCUT2D eigenvalue weighted by Gasteiger charge is -2.19. The highest BCUT2D eigenvalue weighted by atomic mass is 17.2. The van der Waals surface area contributed by atoms with Gasteiger partial charge in [-0.2, -0.15) is 0 Å². The molecule has 0 atom stereocenters. The standard InChI is InChI=1S/C10H16N2O2/c1-4-10(2,3)8-5-12-7-14-13-6-9(12)11-8/h5H,4,6-7H2,1-3H3. The Morgan fingerprint density at radius 3 is 2.93 bits per heavy atom. The molecule has 78 valence electrons. The van der Waals surface area contributed by atoms with Gasteiger partial charge in [0, 0.05) is 11.6 Å². The first-order valence-corrected chi connectivity index (χ1v) is 4.94. The molecule has 1 aliphatic heterocycles. The maximum absolute atomic E-state index is 4.88. The van der Waals surface area contributed by atoms with E-state index in [0.717, 1.165) is 17.9 Å². The number of imidazole rings is 1. The van der Waals surface area contributed by atoms with Crippen molar-refractivity contribution in [3.63, 3.8) is 0 Å². The molecule has 0 fully saturated rings. The smallest absolute Gasteiger partial charge is 0.159 e. The Morgan fingerprint density at radius 2 is 2.29 bits per heavy atom. The molecule has 0 saturated carbocycles. The molecule has 1 aromatic heterocycles. The van der Waals surface area contributed by atoms with Gasteiger partial charge in [-0.05, 0) is 6.42 Å². The largest absolute Gasteiger partial charge is 0.306 e. The van der Waals surface area contributed by atoms with Crippen LogP contribution in [-0.4, -0.2) is 9.55 Å². The third-order valence-electron chi connectivity index (χ3n) is 2.90. The minimum Gasteiger partial charge on any atom is -0.306 e. The molecular formula is C10H16N2O2. The maximum atomic E-state index is 4.88. The van der Waals surface area contributed by atoms with Gasteiger partial charge in [0.2, 0.25) is 0 Å². The Balaban J connectivity index is 2.32. The van der Waals surface area contributed by atoms with Crippen molar-refractivity contribution in [1.82, 2.24) is 9.55 Å². The average molecular weight is 196 g/mol. The first-order chi connectivity index (χ1) is 6.63. The van der Waals surface area contributed by atoms with E-state index in [1.54, 1.807) is 0 Å². The van der Waals surface area contributed by atoms with E-state index >= 15 is 0 Å². The molecule has 0 unspecified atom stereocenters. The molecule has 0 saturated heterocycles. The van der Waals surface area contributed by atoms with Crippen LogP contribution >= 0.6 is 0 Å². The summed E-state index contributed by atoms with van der Waals surface area (Å²) in [5.41, 5.74) is 1.24. The summed E-state index contributed by atoms with van der Waals surface area (Å²) in [7, 11) is 0. The monoisotopic (exact) mass is 196 g/mol. The van der Waals surface area contributed by atoms with Crippen LogP contribution in [0.15, 0.2) is 6.20 Å². The number of fused-ring (bicyclic) bond motifs is 1. The molecule has 0 radical (unpaired) electrons. The summed E-state index contributed by atoms with van der Waals surface area (Å²) < 4.78 is 2.00. The first-order valence-electron chi connectivity index (χ1n) is 4.94. The summed E-state index contributed by atoms with van der Waals surface area (Å²) in [4.78, 5) is 14.3. The van der Waals surface area contributed by atoms with Crippen LogP contribution < -0.4 is 0 Å². The minimum absolute atomic E-state index is 0.129. The molecule has 4 nitrogen and oxygen atoms in total. The number of hydrogen-bond acceptors (Lipinski definition) is 3. The van der Waals surface area contributed by atoms with Gasteiger partial charge in [-0.25, -0.2) is 14.8 Å². The molecular weight excluding hydrogens is 180 g/mol. The predicted octanol–water partition coefficient (Wildman–Crippen LogP) is 1.99. The third-order valence-corrected chi connectivity index (χ3v) is 2.90. The molecule has 0 amide bonds. The van der Waals surface area contributed by atoms with Gasteiger partial charge in [0.05, 0.1) is 5.69 Å². The zero-order valence-electron chi connectivity index (χ0n) is 8.91. The molecule has 0 aromatic carbocycles. The third kappa shape index (κ3) is 1.55. The normalized spacial score (nSPS) is 16.8. The Kier molecular flexibility index (Phi) is 2.33. The van der Waals surface area contributed by atoms with Crippen LogP contribution in [0.25, 0.3) is 0 Å². The van der Waals surface area contributed by atoms with Crippen molar-refractivity contribution in [1.29, 1.82) is 0 Å². The van der Waals surface area contributed by atoms with Gasteiger partial charge in [-0.1, -0.05) is 20.8 Å². The molecule has 0 bridgehead atoms. The van der Waals surface area contributed by atoms with Crippen molar-refractivity contribution in [2.75, 3.05) is 0 Å². The molecule has 0 N–H and O–H groups in total. The van der Waals surface area contributed by atoms with E-state index in [1.165, 1.54) is 0 Å². The van der Waals surface area contributed by atoms with Gasteiger partial charge < -0.3 is 4.57 Å². The fourth-order valence-corrected chi connectivity index (χ4v) is 1.38. The van der Waals surface area contributed by atoms with Gasteiger partial charge in [0.1, 0.15) is 12.4 Å². The average Bonchev–Trinajstić information content (AvgIpc) is 2.61. The number of nitrogens with zero attached hydrogens (tertiary/aromatic N) is 2. The summed E-state index contributed by atoms with van der Waals surface area (Å²) in [5.74, 6) is 0.952. The quantitative estimate of drug-likeness (QED) is 0.679.